The molecule has 1 heterocycles. The zero-order chi connectivity index (χ0) is 13.1. The maximum absolute atomic E-state index is 11.8. The van der Waals surface area contributed by atoms with E-state index in [1.165, 1.54) is 5.56 Å². The summed E-state index contributed by atoms with van der Waals surface area (Å²) >= 11 is 0. The second kappa shape index (κ2) is 5.29. The van der Waals surface area contributed by atoms with Gasteiger partial charge in [0, 0.05) is 27.2 Å². The van der Waals surface area contributed by atoms with Crippen LogP contribution in [0.1, 0.15) is 24.3 Å². The summed E-state index contributed by atoms with van der Waals surface area (Å²) in [6, 6.07) is 7.51. The van der Waals surface area contributed by atoms with Crippen LogP contribution >= 0.6 is 0 Å². The average Bonchev–Trinajstić information content (AvgIpc) is 2.39. The van der Waals surface area contributed by atoms with Crippen molar-refractivity contribution < 1.29 is 9.90 Å². The molecule has 0 spiro atoms. The molecular weight excluding hydrogens is 228 g/mol. The van der Waals surface area contributed by atoms with Crippen molar-refractivity contribution >= 4 is 6.03 Å². The Bertz CT molecular complexity index is 406. The van der Waals surface area contributed by atoms with Crippen LogP contribution in [0.4, 0.5) is 4.79 Å². The molecule has 0 aliphatic carbocycles. The average molecular weight is 248 g/mol. The van der Waals surface area contributed by atoms with Crippen molar-refractivity contribution in [1.29, 1.82) is 0 Å². The van der Waals surface area contributed by atoms with Gasteiger partial charge in [0.1, 0.15) is 5.75 Å². The Labute approximate surface area is 108 Å². The quantitative estimate of drug-likeness (QED) is 0.828. The maximum Gasteiger partial charge on any atom is 0.319 e. The van der Waals surface area contributed by atoms with Gasteiger partial charge in [-0.1, -0.05) is 12.1 Å². The molecule has 0 saturated carbocycles. The Kier molecular flexibility index (Phi) is 3.75. The van der Waals surface area contributed by atoms with Gasteiger partial charge in [0.15, 0.2) is 0 Å². The highest BCUT2D eigenvalue weighted by Crippen LogP contribution is 2.29. The maximum atomic E-state index is 11.8. The van der Waals surface area contributed by atoms with E-state index in [1.54, 1.807) is 31.1 Å². The minimum atomic E-state index is 0.0964. The number of hydrogen-bond acceptors (Lipinski definition) is 2. The summed E-state index contributed by atoms with van der Waals surface area (Å²) < 4.78 is 0. The molecule has 4 nitrogen and oxygen atoms in total. The van der Waals surface area contributed by atoms with Crippen molar-refractivity contribution in [3.05, 3.63) is 29.8 Å². The van der Waals surface area contributed by atoms with Gasteiger partial charge in [-0.2, -0.15) is 0 Å². The minimum Gasteiger partial charge on any atom is -0.508 e. The summed E-state index contributed by atoms with van der Waals surface area (Å²) in [5, 5.41) is 9.27. The van der Waals surface area contributed by atoms with Crippen LogP contribution < -0.4 is 0 Å². The first-order valence-corrected chi connectivity index (χ1v) is 6.33. The first-order valence-electron chi connectivity index (χ1n) is 6.33. The molecule has 98 valence electrons. The number of urea groups is 1. The van der Waals surface area contributed by atoms with E-state index < -0.39 is 0 Å². The van der Waals surface area contributed by atoms with Crippen molar-refractivity contribution in [2.45, 2.75) is 18.8 Å². The van der Waals surface area contributed by atoms with E-state index >= 15 is 0 Å². The van der Waals surface area contributed by atoms with Gasteiger partial charge in [-0.3, -0.25) is 0 Å². The van der Waals surface area contributed by atoms with Crippen LogP contribution in [0.5, 0.6) is 5.75 Å². The number of carbonyl (C=O) groups excluding carboxylic acids is 1. The topological polar surface area (TPSA) is 43.8 Å². The van der Waals surface area contributed by atoms with Gasteiger partial charge in [0.05, 0.1) is 0 Å². The highest BCUT2D eigenvalue weighted by molar-refractivity contribution is 5.73. The lowest BCUT2D eigenvalue weighted by molar-refractivity contribution is 0.156. The number of carbonyl (C=O) groups is 1. The van der Waals surface area contributed by atoms with E-state index in [-0.39, 0.29) is 6.03 Å². The molecule has 0 unspecified atom stereocenters. The molecule has 1 aromatic carbocycles. The van der Waals surface area contributed by atoms with Crippen LogP contribution in [-0.4, -0.2) is 48.1 Å². The van der Waals surface area contributed by atoms with Gasteiger partial charge in [0.25, 0.3) is 0 Å². The molecule has 0 bridgehead atoms. The van der Waals surface area contributed by atoms with Crippen LogP contribution in [0, 0.1) is 0 Å². The zero-order valence-corrected chi connectivity index (χ0v) is 11.0. The molecule has 18 heavy (non-hydrogen) atoms. The molecule has 1 aromatic rings. The second-order valence-corrected chi connectivity index (χ2v) is 5.03. The fourth-order valence-electron chi connectivity index (χ4n) is 2.43. The van der Waals surface area contributed by atoms with Gasteiger partial charge in [-0.25, -0.2) is 4.79 Å². The highest BCUT2D eigenvalue weighted by Gasteiger charge is 2.24. The number of likely N-dealkylation sites (tertiary alicyclic amines) is 1. The summed E-state index contributed by atoms with van der Waals surface area (Å²) in [6.07, 6.45) is 1.98. The molecule has 1 aliphatic heterocycles. The summed E-state index contributed by atoms with van der Waals surface area (Å²) in [7, 11) is 3.57. The normalized spacial score (nSPS) is 16.7. The smallest absolute Gasteiger partial charge is 0.319 e. The third-order valence-electron chi connectivity index (χ3n) is 3.51. The van der Waals surface area contributed by atoms with Gasteiger partial charge >= 0.3 is 6.03 Å². The minimum absolute atomic E-state index is 0.0964. The summed E-state index contributed by atoms with van der Waals surface area (Å²) in [5.74, 6) is 0.802. The van der Waals surface area contributed by atoms with E-state index in [0.717, 1.165) is 25.9 Å². The lowest BCUT2D eigenvalue weighted by Crippen LogP contribution is -2.43. The molecule has 0 aromatic heterocycles. The number of nitrogens with zero attached hydrogens (tertiary/aromatic N) is 2. The molecule has 0 radical (unpaired) electrons. The lowest BCUT2D eigenvalue weighted by Gasteiger charge is -2.33. The van der Waals surface area contributed by atoms with Crippen molar-refractivity contribution in [2.24, 2.45) is 0 Å². The molecule has 4 heteroatoms. The third kappa shape index (κ3) is 2.75. The monoisotopic (exact) mass is 248 g/mol. The van der Waals surface area contributed by atoms with Crippen LogP contribution in [-0.2, 0) is 0 Å². The number of aromatic hydroxyl groups is 1. The van der Waals surface area contributed by atoms with E-state index in [4.69, 9.17) is 0 Å². The van der Waals surface area contributed by atoms with Gasteiger partial charge < -0.3 is 14.9 Å². The fraction of sp³-hybridized carbons (Fsp3) is 0.500. The number of phenolic OH excluding ortho intramolecular Hbond substituents is 1. The first kappa shape index (κ1) is 12.7. The van der Waals surface area contributed by atoms with Crippen LogP contribution in [0.15, 0.2) is 24.3 Å². The lowest BCUT2D eigenvalue weighted by atomic mass is 9.89. The van der Waals surface area contributed by atoms with Crippen molar-refractivity contribution in [2.75, 3.05) is 27.2 Å². The summed E-state index contributed by atoms with van der Waals surface area (Å²) in [6.45, 7) is 1.62. The predicted molar refractivity (Wildman–Crippen MR) is 70.7 cm³/mol. The Morgan fingerprint density at radius 3 is 2.28 bits per heavy atom. The number of benzene rings is 1. The zero-order valence-electron chi connectivity index (χ0n) is 11.0. The van der Waals surface area contributed by atoms with E-state index in [0.29, 0.717) is 11.7 Å². The Morgan fingerprint density at radius 2 is 1.78 bits per heavy atom. The van der Waals surface area contributed by atoms with Crippen LogP contribution in [0.3, 0.4) is 0 Å². The predicted octanol–water partition coefficient (Wildman–Crippen LogP) is 2.25. The second-order valence-electron chi connectivity index (χ2n) is 5.03. The molecule has 2 rings (SSSR count). The fourth-order valence-corrected chi connectivity index (χ4v) is 2.43. The highest BCUT2D eigenvalue weighted by atomic mass is 16.3. The Morgan fingerprint density at radius 1 is 1.22 bits per heavy atom. The van der Waals surface area contributed by atoms with Crippen molar-refractivity contribution in [1.82, 2.24) is 9.80 Å². The third-order valence-corrected chi connectivity index (χ3v) is 3.51. The first-order chi connectivity index (χ1) is 8.58. The van der Waals surface area contributed by atoms with Crippen LogP contribution in [0.25, 0.3) is 0 Å². The number of hydrogen-bond donors (Lipinski definition) is 1. The summed E-state index contributed by atoms with van der Waals surface area (Å²) in [4.78, 5) is 15.3. The Balaban J connectivity index is 1.94. The SMILES string of the molecule is CN(C)C(=O)N1CCC(c2ccc(O)cc2)CC1. The summed E-state index contributed by atoms with van der Waals surface area (Å²) in [5.41, 5.74) is 1.25. The van der Waals surface area contributed by atoms with Crippen LogP contribution in [0.2, 0.25) is 0 Å². The molecule has 0 atom stereocenters. The molecule has 2 amide bonds. The molecule has 1 aliphatic rings. The van der Waals surface area contributed by atoms with E-state index in [1.807, 2.05) is 17.0 Å². The molecule has 1 fully saturated rings. The van der Waals surface area contributed by atoms with Gasteiger partial charge in [0.2, 0.25) is 0 Å². The van der Waals surface area contributed by atoms with Crippen molar-refractivity contribution in [3.63, 3.8) is 0 Å². The number of rotatable bonds is 1. The van der Waals surface area contributed by atoms with E-state index in [9.17, 15) is 9.90 Å². The molecular formula is C14H20N2O2. The van der Waals surface area contributed by atoms with E-state index in [2.05, 4.69) is 0 Å². The number of amides is 2. The number of piperidine rings is 1. The van der Waals surface area contributed by atoms with Gasteiger partial charge in [-0.05, 0) is 36.5 Å². The Hall–Kier alpha value is -1.71. The number of phenols is 1. The largest absolute Gasteiger partial charge is 0.508 e. The standard InChI is InChI=1S/C14H20N2O2/c1-15(2)14(18)16-9-7-12(8-10-16)11-3-5-13(17)6-4-11/h3-6,12,17H,7-10H2,1-2H3. The van der Waals surface area contributed by atoms with Crippen molar-refractivity contribution in [3.8, 4) is 5.75 Å². The van der Waals surface area contributed by atoms with Gasteiger partial charge in [-0.15, -0.1) is 0 Å². The molecule has 1 N–H and O–H groups in total. The molecule has 1 saturated heterocycles.